The number of hydrogen-bond donors (Lipinski definition) is 1. The fourth-order valence-electron chi connectivity index (χ4n) is 6.24. The van der Waals surface area contributed by atoms with Gasteiger partial charge in [-0.25, -0.2) is 13.2 Å². The smallest absolute Gasteiger partial charge is 0.274 e. The highest BCUT2D eigenvalue weighted by molar-refractivity contribution is 9.09. The van der Waals surface area contributed by atoms with Crippen LogP contribution in [0, 0.1) is 17.5 Å². The lowest BCUT2D eigenvalue weighted by atomic mass is 9.85. The number of alkyl halides is 1. The monoisotopic (exact) mass is 660 g/mol. The summed E-state index contributed by atoms with van der Waals surface area (Å²) in [6.07, 6.45) is 2.57. The molecule has 2 saturated heterocycles. The van der Waals surface area contributed by atoms with Crippen molar-refractivity contribution in [2.75, 3.05) is 6.54 Å². The van der Waals surface area contributed by atoms with Crippen molar-refractivity contribution in [2.24, 2.45) is 5.73 Å². The van der Waals surface area contributed by atoms with Gasteiger partial charge in [0.2, 0.25) is 5.43 Å². The summed E-state index contributed by atoms with van der Waals surface area (Å²) in [6.45, 7) is 1.71. The van der Waals surface area contributed by atoms with E-state index in [9.17, 15) is 27.6 Å². The Balaban J connectivity index is 1.44. The van der Waals surface area contributed by atoms with E-state index >= 15 is 0 Å². The van der Waals surface area contributed by atoms with Gasteiger partial charge < -0.3 is 19.9 Å². The molecule has 2 aromatic carbocycles. The summed E-state index contributed by atoms with van der Waals surface area (Å²) in [4.78, 5) is 47.5. The quantitative estimate of drug-likeness (QED) is 0.310. The van der Waals surface area contributed by atoms with E-state index < -0.39 is 51.3 Å². The molecule has 0 radical (unpaired) electrons. The van der Waals surface area contributed by atoms with Crippen LogP contribution < -0.4 is 15.9 Å². The summed E-state index contributed by atoms with van der Waals surface area (Å²) in [5.41, 5.74) is 3.80. The lowest BCUT2D eigenvalue weighted by Crippen LogP contribution is -2.52. The number of hydrogen-bond acceptors (Lipinski definition) is 6. The van der Waals surface area contributed by atoms with E-state index in [1.165, 1.54) is 11.3 Å². The van der Waals surface area contributed by atoms with Gasteiger partial charge in [-0.2, -0.15) is 5.06 Å². The van der Waals surface area contributed by atoms with Crippen molar-refractivity contribution in [1.29, 1.82) is 0 Å². The number of halogens is 4. The number of carbonyl (C=O) groups is 2. The third-order valence-corrected chi connectivity index (χ3v) is 9.30. The first-order chi connectivity index (χ1) is 20.5. The topological polar surface area (TPSA) is 107 Å². The second-order valence-corrected chi connectivity index (χ2v) is 12.2. The summed E-state index contributed by atoms with van der Waals surface area (Å²) in [5, 5.41) is 1.39. The van der Waals surface area contributed by atoms with Crippen LogP contribution in [0.5, 0.6) is 5.75 Å². The van der Waals surface area contributed by atoms with Gasteiger partial charge in [-0.15, -0.1) is 0 Å². The van der Waals surface area contributed by atoms with E-state index in [-0.39, 0.29) is 48.3 Å². The van der Waals surface area contributed by atoms with Gasteiger partial charge in [-0.3, -0.25) is 19.2 Å². The van der Waals surface area contributed by atoms with Gasteiger partial charge in [0.05, 0.1) is 17.5 Å². The maximum absolute atomic E-state index is 14.6. The number of hydroxylamine groups is 2. The van der Waals surface area contributed by atoms with Crippen molar-refractivity contribution < 1.29 is 32.3 Å². The molecule has 0 aliphatic carbocycles. The second-order valence-electron chi connectivity index (χ2n) is 11.2. The molecule has 2 bridgehead atoms. The van der Waals surface area contributed by atoms with Crippen LogP contribution in [0.2, 0.25) is 0 Å². The van der Waals surface area contributed by atoms with Gasteiger partial charge in [0.1, 0.15) is 35.2 Å². The molecule has 3 aliphatic heterocycles. The van der Waals surface area contributed by atoms with Crippen molar-refractivity contribution in [3.05, 3.63) is 98.7 Å². The van der Waals surface area contributed by atoms with E-state index in [0.29, 0.717) is 31.4 Å². The summed E-state index contributed by atoms with van der Waals surface area (Å²) >= 11 is 3.58. The number of rotatable bonds is 6. The van der Waals surface area contributed by atoms with E-state index in [0.717, 1.165) is 5.56 Å². The minimum absolute atomic E-state index is 0.0286. The van der Waals surface area contributed by atoms with Crippen molar-refractivity contribution in [3.63, 3.8) is 0 Å². The van der Waals surface area contributed by atoms with E-state index in [1.54, 1.807) is 33.7 Å². The Hall–Kier alpha value is -3.68. The first kappa shape index (κ1) is 29.4. The molecule has 4 atom stereocenters. The van der Waals surface area contributed by atoms with Gasteiger partial charge in [0, 0.05) is 42.9 Å². The number of pyridine rings is 1. The van der Waals surface area contributed by atoms with Crippen molar-refractivity contribution >= 4 is 27.7 Å². The van der Waals surface area contributed by atoms with Crippen molar-refractivity contribution in [1.82, 2.24) is 14.5 Å². The molecular formula is C30H28BrF3N4O5. The number of nitrogens with two attached hydrogens (primary N) is 1. The van der Waals surface area contributed by atoms with Crippen molar-refractivity contribution in [2.45, 2.75) is 62.0 Å². The predicted molar refractivity (Wildman–Crippen MR) is 152 cm³/mol. The largest absolute Gasteiger partial charge is 0.483 e. The molecule has 43 heavy (non-hydrogen) atoms. The van der Waals surface area contributed by atoms with Crippen LogP contribution >= 0.6 is 15.9 Å². The molecule has 2 fully saturated rings. The van der Waals surface area contributed by atoms with Crippen LogP contribution in [0.4, 0.5) is 13.2 Å². The Labute approximate surface area is 253 Å². The standard InChI is InChI=1S/C30H28BrF3N4O5/c1-16-7-8-30(11-24(31)38(43-30)13-19-21(33)9-18(32)10-22(19)34)23-14-36(16)29(41)25-27(42-15-17-5-3-2-4-6-17)26(39)20(28(35)40)12-37(23)25/h2-6,9-10,12,16,23-24H,7-8,11,13-15H2,1H3,(H2,35,40)/t16-,23+,24?,30+/m0/s1. The Morgan fingerprint density at radius 3 is 2.53 bits per heavy atom. The molecule has 1 aromatic heterocycles. The number of amides is 2. The second kappa shape index (κ2) is 11.1. The average Bonchev–Trinajstić information content (AvgIpc) is 3.22. The SMILES string of the molecule is C[C@H]1CC[C@@]2(CC(Br)N(Cc3c(F)cc(F)cc3F)O2)[C@H]2CN1C(=O)c1c(OCc3ccccc3)c(=O)c(C(N)=O)cn12. The first-order valence-electron chi connectivity index (χ1n) is 13.8. The van der Waals surface area contributed by atoms with Crippen LogP contribution in [0.1, 0.15) is 64.2 Å². The fraction of sp³-hybridized carbons (Fsp3) is 0.367. The molecule has 1 unspecified atom stereocenters. The minimum Gasteiger partial charge on any atom is -0.483 e. The van der Waals surface area contributed by atoms with Crippen LogP contribution in [-0.4, -0.2) is 49.5 Å². The lowest BCUT2D eigenvalue weighted by Gasteiger charge is -2.43. The van der Waals surface area contributed by atoms with E-state index in [1.807, 2.05) is 13.0 Å². The molecule has 4 heterocycles. The molecule has 9 nitrogen and oxygen atoms in total. The maximum atomic E-state index is 14.6. The minimum atomic E-state index is -1.04. The summed E-state index contributed by atoms with van der Waals surface area (Å²) in [5.74, 6) is -4.81. The molecule has 3 aromatic rings. The molecule has 1 spiro atoms. The lowest BCUT2D eigenvalue weighted by molar-refractivity contribution is -0.220. The molecule has 2 amide bonds. The zero-order valence-electron chi connectivity index (χ0n) is 23.1. The average molecular weight is 661 g/mol. The summed E-state index contributed by atoms with van der Waals surface area (Å²) < 4.78 is 50.2. The van der Waals surface area contributed by atoms with Gasteiger partial charge in [-0.05, 0) is 25.3 Å². The van der Waals surface area contributed by atoms with Crippen LogP contribution in [0.3, 0.4) is 0 Å². The Bertz CT molecular complexity index is 1650. The molecule has 3 aliphatic rings. The van der Waals surface area contributed by atoms with E-state index in [2.05, 4.69) is 15.9 Å². The van der Waals surface area contributed by atoms with Crippen LogP contribution in [-0.2, 0) is 18.0 Å². The normalized spacial score (nSPS) is 25.1. The fourth-order valence-corrected chi connectivity index (χ4v) is 7.02. The molecule has 6 rings (SSSR count). The predicted octanol–water partition coefficient (Wildman–Crippen LogP) is 4.42. The Morgan fingerprint density at radius 1 is 1.16 bits per heavy atom. The Morgan fingerprint density at radius 2 is 1.86 bits per heavy atom. The van der Waals surface area contributed by atoms with Gasteiger partial charge >= 0.3 is 0 Å². The number of aromatic nitrogens is 1. The van der Waals surface area contributed by atoms with Crippen LogP contribution in [0.15, 0.2) is 53.5 Å². The maximum Gasteiger partial charge on any atom is 0.274 e. The van der Waals surface area contributed by atoms with E-state index in [4.69, 9.17) is 15.3 Å². The highest BCUT2D eigenvalue weighted by Crippen LogP contribution is 2.50. The number of ether oxygens (including phenoxy) is 1. The third kappa shape index (κ3) is 5.12. The third-order valence-electron chi connectivity index (χ3n) is 8.52. The number of benzene rings is 2. The molecule has 0 saturated carbocycles. The Kier molecular flexibility index (Phi) is 7.59. The number of primary amides is 1. The molecular weight excluding hydrogens is 633 g/mol. The highest BCUT2D eigenvalue weighted by Gasteiger charge is 2.56. The highest BCUT2D eigenvalue weighted by atomic mass is 79.9. The number of nitrogens with zero attached hydrogens (tertiary/aromatic N) is 3. The molecule has 13 heteroatoms. The number of fused-ring (bicyclic) bond motifs is 5. The zero-order valence-corrected chi connectivity index (χ0v) is 24.7. The summed E-state index contributed by atoms with van der Waals surface area (Å²) in [6, 6.07) is 9.40. The molecule has 2 N–H and O–H groups in total. The number of carbonyl (C=O) groups excluding carboxylic acids is 2. The van der Waals surface area contributed by atoms with Gasteiger partial charge in [-0.1, -0.05) is 46.3 Å². The summed E-state index contributed by atoms with van der Waals surface area (Å²) in [7, 11) is 0. The van der Waals surface area contributed by atoms with Crippen LogP contribution in [0.25, 0.3) is 0 Å². The van der Waals surface area contributed by atoms with Gasteiger partial charge in [0.15, 0.2) is 11.4 Å². The first-order valence-corrected chi connectivity index (χ1v) is 14.7. The molecule has 226 valence electrons. The zero-order chi connectivity index (χ0) is 30.6. The van der Waals surface area contributed by atoms with Crippen molar-refractivity contribution in [3.8, 4) is 5.75 Å². The van der Waals surface area contributed by atoms with Gasteiger partial charge in [0.25, 0.3) is 11.8 Å².